The summed E-state index contributed by atoms with van der Waals surface area (Å²) in [4.78, 5) is 0. The quantitative estimate of drug-likeness (QED) is 0.824. The van der Waals surface area contributed by atoms with Crippen molar-refractivity contribution in [2.75, 3.05) is 14.2 Å². The second-order valence-corrected chi connectivity index (χ2v) is 4.73. The molecule has 94 valence electrons. The molecule has 1 unspecified atom stereocenters. The molecule has 0 aromatic heterocycles. The van der Waals surface area contributed by atoms with Crippen molar-refractivity contribution in [3.63, 3.8) is 0 Å². The molecule has 1 fully saturated rings. The van der Waals surface area contributed by atoms with Crippen LogP contribution in [0.1, 0.15) is 24.8 Å². The van der Waals surface area contributed by atoms with Crippen LogP contribution in [0.2, 0.25) is 0 Å². The number of ether oxygens (including phenoxy) is 2. The van der Waals surface area contributed by atoms with Crippen LogP contribution in [-0.2, 0) is 6.42 Å². The van der Waals surface area contributed by atoms with E-state index in [0.29, 0.717) is 6.42 Å². The largest absolute Gasteiger partial charge is 0.493 e. The van der Waals surface area contributed by atoms with Crippen molar-refractivity contribution in [2.45, 2.75) is 31.8 Å². The van der Waals surface area contributed by atoms with Gasteiger partial charge in [0.15, 0.2) is 11.5 Å². The summed E-state index contributed by atoms with van der Waals surface area (Å²) in [5.41, 5.74) is 1.09. The van der Waals surface area contributed by atoms with Crippen molar-refractivity contribution in [3.8, 4) is 11.5 Å². The lowest BCUT2D eigenvalue weighted by atomic mass is 10.0. The van der Waals surface area contributed by atoms with Gasteiger partial charge in [-0.25, -0.2) is 0 Å². The van der Waals surface area contributed by atoms with Gasteiger partial charge in [-0.1, -0.05) is 18.9 Å². The number of methoxy groups -OCH3 is 2. The first-order valence-electron chi connectivity index (χ1n) is 6.12. The van der Waals surface area contributed by atoms with E-state index in [1.54, 1.807) is 14.2 Å². The van der Waals surface area contributed by atoms with E-state index in [2.05, 4.69) is 0 Å². The molecule has 0 amide bonds. The molecule has 17 heavy (non-hydrogen) atoms. The number of benzene rings is 1. The van der Waals surface area contributed by atoms with Gasteiger partial charge < -0.3 is 14.6 Å². The highest BCUT2D eigenvalue weighted by Crippen LogP contribution is 2.34. The van der Waals surface area contributed by atoms with Crippen LogP contribution in [-0.4, -0.2) is 25.4 Å². The molecule has 3 nitrogen and oxygen atoms in total. The monoisotopic (exact) mass is 236 g/mol. The Bertz CT molecular complexity index is 372. The van der Waals surface area contributed by atoms with Gasteiger partial charge >= 0.3 is 0 Å². The molecule has 0 saturated heterocycles. The van der Waals surface area contributed by atoms with Gasteiger partial charge in [-0.15, -0.1) is 0 Å². The summed E-state index contributed by atoms with van der Waals surface area (Å²) in [6, 6.07) is 5.81. The average Bonchev–Trinajstić information content (AvgIpc) is 3.12. The van der Waals surface area contributed by atoms with Crippen molar-refractivity contribution in [2.24, 2.45) is 5.92 Å². The first-order chi connectivity index (χ1) is 8.22. The molecule has 1 aromatic carbocycles. The van der Waals surface area contributed by atoms with Gasteiger partial charge in [0.25, 0.3) is 0 Å². The summed E-state index contributed by atoms with van der Waals surface area (Å²) in [5.74, 6) is 2.21. The van der Waals surface area contributed by atoms with E-state index in [4.69, 9.17) is 9.47 Å². The molecule has 0 heterocycles. The lowest BCUT2D eigenvalue weighted by Crippen LogP contribution is -2.11. The fourth-order valence-electron chi connectivity index (χ4n) is 2.10. The molecule has 1 atom stereocenters. The number of hydrogen-bond donors (Lipinski definition) is 1. The van der Waals surface area contributed by atoms with Crippen molar-refractivity contribution >= 4 is 0 Å². The van der Waals surface area contributed by atoms with Crippen molar-refractivity contribution < 1.29 is 14.6 Å². The highest BCUT2D eigenvalue weighted by Gasteiger charge is 2.24. The molecule has 3 heteroatoms. The van der Waals surface area contributed by atoms with Crippen LogP contribution in [0, 0.1) is 5.92 Å². The Hall–Kier alpha value is -1.22. The lowest BCUT2D eigenvalue weighted by molar-refractivity contribution is 0.158. The van der Waals surface area contributed by atoms with Gasteiger partial charge in [0.05, 0.1) is 20.3 Å². The van der Waals surface area contributed by atoms with Crippen molar-refractivity contribution in [1.82, 2.24) is 0 Å². The van der Waals surface area contributed by atoms with Crippen molar-refractivity contribution in [3.05, 3.63) is 23.8 Å². The highest BCUT2D eigenvalue weighted by atomic mass is 16.5. The Morgan fingerprint density at radius 1 is 1.24 bits per heavy atom. The van der Waals surface area contributed by atoms with E-state index < -0.39 is 0 Å². The molecule has 0 radical (unpaired) electrons. The fraction of sp³-hybridized carbons (Fsp3) is 0.571. The molecule has 0 bridgehead atoms. The number of aliphatic hydroxyl groups excluding tert-OH is 1. The zero-order valence-electron chi connectivity index (χ0n) is 10.5. The van der Waals surface area contributed by atoms with E-state index in [1.165, 1.54) is 12.8 Å². The molecule has 1 saturated carbocycles. The fourth-order valence-corrected chi connectivity index (χ4v) is 2.10. The molecule has 0 aliphatic heterocycles. The Morgan fingerprint density at radius 3 is 2.53 bits per heavy atom. The maximum Gasteiger partial charge on any atom is 0.160 e. The van der Waals surface area contributed by atoms with Crippen LogP contribution >= 0.6 is 0 Å². The molecular formula is C14H20O3. The molecule has 0 spiro atoms. The minimum Gasteiger partial charge on any atom is -0.493 e. The third kappa shape index (κ3) is 3.37. The Kier molecular flexibility index (Phi) is 3.89. The molecule has 1 aromatic rings. The van der Waals surface area contributed by atoms with Gasteiger partial charge in [0.1, 0.15) is 0 Å². The van der Waals surface area contributed by atoms with Crippen LogP contribution in [0.3, 0.4) is 0 Å². The first kappa shape index (κ1) is 12.2. The summed E-state index contributed by atoms with van der Waals surface area (Å²) >= 11 is 0. The first-order valence-corrected chi connectivity index (χ1v) is 6.12. The maximum absolute atomic E-state index is 9.93. The zero-order chi connectivity index (χ0) is 12.3. The van der Waals surface area contributed by atoms with E-state index in [1.807, 2.05) is 18.2 Å². The van der Waals surface area contributed by atoms with Gasteiger partial charge in [-0.3, -0.25) is 0 Å². The van der Waals surface area contributed by atoms with Crippen LogP contribution in [0.4, 0.5) is 0 Å². The van der Waals surface area contributed by atoms with Gasteiger partial charge in [0, 0.05) is 0 Å². The third-order valence-corrected chi connectivity index (χ3v) is 3.22. The minimum absolute atomic E-state index is 0.236. The Morgan fingerprint density at radius 2 is 1.94 bits per heavy atom. The number of aliphatic hydroxyl groups is 1. The van der Waals surface area contributed by atoms with Crippen LogP contribution in [0.15, 0.2) is 18.2 Å². The molecule has 2 rings (SSSR count). The van der Waals surface area contributed by atoms with Crippen LogP contribution in [0.5, 0.6) is 11.5 Å². The van der Waals surface area contributed by atoms with Crippen molar-refractivity contribution in [1.29, 1.82) is 0 Å². The summed E-state index contributed by atoms with van der Waals surface area (Å²) in [6.07, 6.45) is 3.94. The second-order valence-electron chi connectivity index (χ2n) is 4.73. The topological polar surface area (TPSA) is 38.7 Å². The van der Waals surface area contributed by atoms with E-state index in [9.17, 15) is 5.11 Å². The summed E-state index contributed by atoms with van der Waals surface area (Å²) in [6.45, 7) is 0. The zero-order valence-corrected chi connectivity index (χ0v) is 10.5. The summed E-state index contributed by atoms with van der Waals surface area (Å²) in [5, 5.41) is 9.93. The van der Waals surface area contributed by atoms with Gasteiger partial charge in [-0.2, -0.15) is 0 Å². The molecule has 1 aliphatic carbocycles. The lowest BCUT2D eigenvalue weighted by Gasteiger charge is -2.12. The maximum atomic E-state index is 9.93. The Balaban J connectivity index is 1.99. The molecular weight excluding hydrogens is 216 g/mol. The minimum atomic E-state index is -0.236. The molecule has 1 N–H and O–H groups in total. The number of rotatable bonds is 6. The van der Waals surface area contributed by atoms with Crippen LogP contribution < -0.4 is 9.47 Å². The Labute approximate surface area is 102 Å². The van der Waals surface area contributed by atoms with E-state index in [-0.39, 0.29) is 6.10 Å². The number of hydrogen-bond acceptors (Lipinski definition) is 3. The van der Waals surface area contributed by atoms with Gasteiger partial charge in [0.2, 0.25) is 0 Å². The summed E-state index contributed by atoms with van der Waals surface area (Å²) < 4.78 is 10.4. The smallest absolute Gasteiger partial charge is 0.160 e. The third-order valence-electron chi connectivity index (χ3n) is 3.22. The normalized spacial score (nSPS) is 16.6. The summed E-state index contributed by atoms with van der Waals surface area (Å²) in [7, 11) is 3.25. The molecule has 1 aliphatic rings. The standard InChI is InChI=1S/C14H20O3/c1-16-13-6-5-11(9-14(13)17-2)8-12(15)7-10-3-4-10/h5-6,9-10,12,15H,3-4,7-8H2,1-2H3. The SMILES string of the molecule is COc1ccc(CC(O)CC2CC2)cc1OC. The predicted octanol–water partition coefficient (Wildman–Crippen LogP) is 2.41. The predicted molar refractivity (Wildman–Crippen MR) is 66.6 cm³/mol. The second kappa shape index (κ2) is 5.41. The highest BCUT2D eigenvalue weighted by molar-refractivity contribution is 5.43. The van der Waals surface area contributed by atoms with E-state index >= 15 is 0 Å². The van der Waals surface area contributed by atoms with Gasteiger partial charge in [-0.05, 0) is 36.5 Å². The van der Waals surface area contributed by atoms with E-state index in [0.717, 1.165) is 29.4 Å². The average molecular weight is 236 g/mol. The van der Waals surface area contributed by atoms with Crippen LogP contribution in [0.25, 0.3) is 0 Å².